The van der Waals surface area contributed by atoms with Crippen molar-refractivity contribution in [1.82, 2.24) is 10.8 Å². The van der Waals surface area contributed by atoms with Gasteiger partial charge >= 0.3 is 5.97 Å². The zero-order valence-electron chi connectivity index (χ0n) is 15.3. The molecule has 0 heterocycles. The van der Waals surface area contributed by atoms with Crippen LogP contribution in [0.2, 0.25) is 0 Å². The van der Waals surface area contributed by atoms with Crippen molar-refractivity contribution in [3.8, 4) is 0 Å². The lowest BCUT2D eigenvalue weighted by molar-refractivity contribution is -0.158. The number of hydrogen-bond donors (Lipinski definition) is 4. The van der Waals surface area contributed by atoms with Gasteiger partial charge in [-0.05, 0) is 56.4 Å². The molecule has 0 fully saturated rings. The van der Waals surface area contributed by atoms with Gasteiger partial charge in [0.1, 0.15) is 11.6 Å². The molecule has 1 amide bonds. The van der Waals surface area contributed by atoms with Crippen LogP contribution in [-0.2, 0) is 20.7 Å². The van der Waals surface area contributed by atoms with Crippen molar-refractivity contribution in [3.63, 3.8) is 0 Å². The van der Waals surface area contributed by atoms with E-state index in [-0.39, 0.29) is 12.6 Å². The van der Waals surface area contributed by atoms with Crippen LogP contribution in [0.25, 0.3) is 6.08 Å². The summed E-state index contributed by atoms with van der Waals surface area (Å²) >= 11 is 0. The molecule has 2 rings (SSSR count). The number of ether oxygens (including phenoxy) is 1. The predicted molar refractivity (Wildman–Crippen MR) is 96.3 cm³/mol. The second kappa shape index (κ2) is 8.44. The molecule has 0 aliphatic heterocycles. The molecule has 1 aliphatic carbocycles. The first-order chi connectivity index (χ1) is 12.2. The average molecular weight is 362 g/mol. The molecule has 26 heavy (non-hydrogen) atoms. The van der Waals surface area contributed by atoms with Gasteiger partial charge in [0.05, 0.1) is 6.61 Å². The lowest BCUT2D eigenvalue weighted by Crippen LogP contribution is -2.44. The van der Waals surface area contributed by atoms with Crippen molar-refractivity contribution < 1.29 is 24.6 Å². The van der Waals surface area contributed by atoms with Crippen LogP contribution in [-0.4, -0.2) is 40.4 Å². The van der Waals surface area contributed by atoms with Gasteiger partial charge in [0.25, 0.3) is 5.91 Å². The zero-order chi connectivity index (χ0) is 19.3. The van der Waals surface area contributed by atoms with Crippen molar-refractivity contribution in [2.45, 2.75) is 51.3 Å². The minimum Gasteiger partial charge on any atom is -0.459 e. The van der Waals surface area contributed by atoms with Crippen molar-refractivity contribution in [2.75, 3.05) is 6.61 Å². The highest BCUT2D eigenvalue weighted by atomic mass is 16.6. The fraction of sp³-hybridized carbons (Fsp3) is 0.474. The Bertz CT molecular complexity index is 694. The Kier molecular flexibility index (Phi) is 6.52. The number of nitrogens with one attached hydrogen (secondary N) is 2. The number of fused-ring (bicyclic) bond motifs is 1. The molecule has 0 spiro atoms. The molecule has 2 atom stereocenters. The van der Waals surface area contributed by atoms with E-state index in [4.69, 9.17) is 9.94 Å². The molecule has 7 heteroatoms. The van der Waals surface area contributed by atoms with Gasteiger partial charge in [-0.2, -0.15) is 0 Å². The molecule has 0 saturated carbocycles. The Morgan fingerprint density at radius 1 is 1.38 bits per heavy atom. The van der Waals surface area contributed by atoms with E-state index in [2.05, 4.69) is 5.32 Å². The summed E-state index contributed by atoms with van der Waals surface area (Å²) in [6.07, 6.45) is 4.49. The summed E-state index contributed by atoms with van der Waals surface area (Å²) in [4.78, 5) is 23.3. The first-order valence-corrected chi connectivity index (χ1v) is 8.58. The summed E-state index contributed by atoms with van der Waals surface area (Å²) in [7, 11) is 0. The van der Waals surface area contributed by atoms with Crippen LogP contribution in [0.5, 0.6) is 0 Å². The summed E-state index contributed by atoms with van der Waals surface area (Å²) in [5.74, 6) is -1.06. The lowest BCUT2D eigenvalue weighted by atomic mass is 10.0. The number of amides is 1. The van der Waals surface area contributed by atoms with Crippen molar-refractivity contribution >= 4 is 18.0 Å². The Hall–Kier alpha value is -2.22. The first kappa shape index (κ1) is 20.1. The van der Waals surface area contributed by atoms with Crippen LogP contribution in [0.3, 0.4) is 0 Å². The van der Waals surface area contributed by atoms with E-state index in [1.54, 1.807) is 32.3 Å². The maximum absolute atomic E-state index is 12.2. The van der Waals surface area contributed by atoms with Crippen molar-refractivity contribution in [2.24, 2.45) is 0 Å². The summed E-state index contributed by atoms with van der Waals surface area (Å²) in [6.45, 7) is 5.03. The lowest BCUT2D eigenvalue weighted by Gasteiger charge is -2.26. The Labute approximate surface area is 153 Å². The predicted octanol–water partition coefficient (Wildman–Crippen LogP) is 1.48. The minimum absolute atomic E-state index is 0.0477. The molecule has 7 nitrogen and oxygen atoms in total. The number of carbonyl (C=O) groups is 2. The van der Waals surface area contributed by atoms with Gasteiger partial charge in [-0.3, -0.25) is 20.1 Å². The highest BCUT2D eigenvalue weighted by Crippen LogP contribution is 2.32. The van der Waals surface area contributed by atoms with Crippen LogP contribution in [0.4, 0.5) is 0 Å². The molecule has 0 radical (unpaired) electrons. The largest absolute Gasteiger partial charge is 0.459 e. The maximum Gasteiger partial charge on any atom is 0.326 e. The third kappa shape index (κ3) is 5.39. The SMILES string of the molecule is CC(C)(C)OC(=O)C(CO)NC1CCc2cc(/C=C/C(=O)NO)ccc21. The first-order valence-electron chi connectivity index (χ1n) is 8.58. The second-order valence-corrected chi connectivity index (χ2v) is 7.29. The Balaban J connectivity index is 2.07. The Morgan fingerprint density at radius 3 is 2.73 bits per heavy atom. The molecule has 2 unspecified atom stereocenters. The number of esters is 1. The van der Waals surface area contributed by atoms with Crippen LogP contribution in [0.15, 0.2) is 24.3 Å². The van der Waals surface area contributed by atoms with E-state index in [9.17, 15) is 14.7 Å². The van der Waals surface area contributed by atoms with E-state index in [1.807, 2.05) is 18.2 Å². The summed E-state index contributed by atoms with van der Waals surface area (Å²) in [5, 5.41) is 21.3. The van der Waals surface area contributed by atoms with E-state index >= 15 is 0 Å². The molecular formula is C19H26N2O5. The highest BCUT2D eigenvalue weighted by molar-refractivity contribution is 5.90. The number of benzene rings is 1. The van der Waals surface area contributed by atoms with E-state index in [0.29, 0.717) is 0 Å². The van der Waals surface area contributed by atoms with Gasteiger partial charge in [0.15, 0.2) is 0 Å². The summed E-state index contributed by atoms with van der Waals surface area (Å²) in [6, 6.07) is 4.95. The monoisotopic (exact) mass is 362 g/mol. The third-order valence-corrected chi connectivity index (χ3v) is 4.06. The van der Waals surface area contributed by atoms with Gasteiger partial charge in [-0.15, -0.1) is 0 Å². The zero-order valence-corrected chi connectivity index (χ0v) is 15.3. The number of aliphatic hydroxyl groups is 1. The quantitative estimate of drug-likeness (QED) is 0.264. The molecule has 0 aromatic heterocycles. The number of aryl methyl sites for hydroxylation is 1. The fourth-order valence-corrected chi connectivity index (χ4v) is 2.93. The molecule has 142 valence electrons. The maximum atomic E-state index is 12.2. The topological polar surface area (TPSA) is 108 Å². The smallest absolute Gasteiger partial charge is 0.326 e. The number of rotatable bonds is 6. The van der Waals surface area contributed by atoms with Gasteiger partial charge < -0.3 is 9.84 Å². The molecule has 1 aliphatic rings. The number of hydroxylamine groups is 1. The third-order valence-electron chi connectivity index (χ3n) is 4.06. The molecular weight excluding hydrogens is 336 g/mol. The van der Waals surface area contributed by atoms with Crippen LogP contribution in [0, 0.1) is 0 Å². The van der Waals surface area contributed by atoms with E-state index < -0.39 is 23.5 Å². The number of carbonyl (C=O) groups excluding carboxylic acids is 2. The summed E-state index contributed by atoms with van der Waals surface area (Å²) in [5.41, 5.74) is 3.97. The number of aliphatic hydroxyl groups excluding tert-OH is 1. The van der Waals surface area contributed by atoms with Gasteiger partial charge in [0, 0.05) is 12.1 Å². The molecule has 1 aromatic rings. The van der Waals surface area contributed by atoms with E-state index in [0.717, 1.165) is 29.5 Å². The molecule has 1 aromatic carbocycles. The van der Waals surface area contributed by atoms with Crippen LogP contribution in [0.1, 0.15) is 49.9 Å². The number of hydrogen-bond acceptors (Lipinski definition) is 6. The molecule has 0 saturated heterocycles. The second-order valence-electron chi connectivity index (χ2n) is 7.29. The van der Waals surface area contributed by atoms with Gasteiger partial charge in [-0.25, -0.2) is 5.48 Å². The van der Waals surface area contributed by atoms with Crippen molar-refractivity contribution in [1.29, 1.82) is 0 Å². The van der Waals surface area contributed by atoms with Crippen LogP contribution >= 0.6 is 0 Å². The normalized spacial score (nSPS) is 17.8. The average Bonchev–Trinajstić information content (AvgIpc) is 2.97. The molecule has 0 bridgehead atoms. The van der Waals surface area contributed by atoms with E-state index in [1.165, 1.54) is 6.08 Å². The van der Waals surface area contributed by atoms with Gasteiger partial charge in [-0.1, -0.05) is 18.2 Å². The fourth-order valence-electron chi connectivity index (χ4n) is 2.93. The highest BCUT2D eigenvalue weighted by Gasteiger charge is 2.30. The minimum atomic E-state index is -0.780. The Morgan fingerprint density at radius 2 is 2.12 bits per heavy atom. The standard InChI is InChI=1S/C19H26N2O5/c1-19(2,3)26-18(24)16(11-22)20-15-8-6-13-10-12(4-7-14(13)15)5-9-17(23)21-25/h4-5,7,9-10,15-16,20,22,25H,6,8,11H2,1-3H3,(H,21,23)/b9-5+. The summed E-state index contributed by atoms with van der Waals surface area (Å²) < 4.78 is 5.34. The van der Waals surface area contributed by atoms with Gasteiger partial charge in [0.2, 0.25) is 0 Å². The van der Waals surface area contributed by atoms with Crippen molar-refractivity contribution in [3.05, 3.63) is 41.0 Å². The van der Waals surface area contributed by atoms with Crippen LogP contribution < -0.4 is 10.8 Å². The molecule has 4 N–H and O–H groups in total.